The van der Waals surface area contributed by atoms with Crippen molar-refractivity contribution in [1.29, 1.82) is 0 Å². The van der Waals surface area contributed by atoms with Crippen LogP contribution in [0.25, 0.3) is 38.8 Å². The predicted molar refractivity (Wildman–Crippen MR) is 283 cm³/mol. The van der Waals surface area contributed by atoms with Gasteiger partial charge in [-0.1, -0.05) is 158 Å². The minimum atomic E-state index is -0.0845. The molecule has 354 valence electrons. The van der Waals surface area contributed by atoms with E-state index in [-0.39, 0.29) is 48.1 Å². The van der Waals surface area contributed by atoms with E-state index in [1.165, 1.54) is 38.9 Å². The average molecular weight is 1080 g/mol. The van der Waals surface area contributed by atoms with E-state index in [1.54, 1.807) is 0 Å². The fraction of sp³-hybridized carbons (Fsp3) is 0.323. The molecule has 9 rings (SSSR count). The van der Waals surface area contributed by atoms with Gasteiger partial charge < -0.3 is 19.1 Å². The molecule has 2 aromatic heterocycles. The topological polar surface area (TPSA) is 33.5 Å². The zero-order valence-corrected chi connectivity index (χ0v) is 45.0. The van der Waals surface area contributed by atoms with Crippen LogP contribution in [0.1, 0.15) is 132 Å². The number of ether oxygens (including phenoxy) is 1. The molecule has 0 unspecified atom stereocenters. The van der Waals surface area contributed by atoms with Crippen molar-refractivity contribution in [2.24, 2.45) is 0 Å². The van der Waals surface area contributed by atoms with Crippen molar-refractivity contribution in [3.05, 3.63) is 174 Å². The Morgan fingerprint density at radius 2 is 1.10 bits per heavy atom. The maximum Gasteiger partial charge on any atom is 0.135 e. The molecule has 0 bridgehead atoms. The van der Waals surface area contributed by atoms with E-state index in [9.17, 15) is 0 Å². The molecule has 0 amide bonds. The first-order valence-corrected chi connectivity index (χ1v) is 23.9. The first kappa shape index (κ1) is 48.8. The number of fused-ring (bicyclic) bond motifs is 4. The van der Waals surface area contributed by atoms with Gasteiger partial charge in [-0.25, -0.2) is 4.98 Å². The second kappa shape index (κ2) is 17.4. The molecule has 0 aliphatic carbocycles. The minimum Gasteiger partial charge on any atom is -0.509 e. The van der Waals surface area contributed by atoms with Crippen molar-refractivity contribution >= 4 is 44.6 Å². The number of nitrogens with zero attached hydrogens (tertiary/aromatic N) is 4. The molecule has 0 N–H and O–H groups in total. The number of aromatic nitrogens is 2. The zero-order valence-electron chi connectivity index (χ0n) is 42.7. The van der Waals surface area contributed by atoms with Gasteiger partial charge in [-0.15, -0.1) is 48.1 Å². The normalized spacial score (nSPS) is 13.6. The van der Waals surface area contributed by atoms with Gasteiger partial charge >= 0.3 is 0 Å². The van der Waals surface area contributed by atoms with E-state index in [2.05, 4.69) is 240 Å². The zero-order chi connectivity index (χ0) is 48.0. The molecule has 68 heavy (non-hydrogen) atoms. The minimum absolute atomic E-state index is 0. The molecular weight excluding hydrogens is 1010 g/mol. The van der Waals surface area contributed by atoms with E-state index in [0.717, 1.165) is 50.4 Å². The van der Waals surface area contributed by atoms with Crippen LogP contribution in [0.4, 0.5) is 22.7 Å². The van der Waals surface area contributed by atoms with E-state index in [1.807, 2.05) is 24.4 Å². The van der Waals surface area contributed by atoms with E-state index in [4.69, 9.17) is 9.72 Å². The van der Waals surface area contributed by atoms with Crippen LogP contribution < -0.4 is 14.5 Å². The molecule has 1 aliphatic rings. The Morgan fingerprint density at radius 3 is 1.74 bits per heavy atom. The third kappa shape index (κ3) is 9.28. The van der Waals surface area contributed by atoms with Crippen LogP contribution in [0, 0.1) is 18.8 Å². The summed E-state index contributed by atoms with van der Waals surface area (Å²) in [5, 5.41) is 2.23. The van der Waals surface area contributed by atoms with Crippen molar-refractivity contribution in [3.8, 4) is 28.4 Å². The van der Waals surface area contributed by atoms with Crippen LogP contribution in [0.3, 0.4) is 0 Å². The fourth-order valence-electron chi connectivity index (χ4n) is 9.34. The monoisotopic (exact) mass is 1080 g/mol. The Bertz CT molecular complexity index is 3140. The van der Waals surface area contributed by atoms with Gasteiger partial charge in [0.15, 0.2) is 0 Å². The molecule has 6 heteroatoms. The summed E-state index contributed by atoms with van der Waals surface area (Å²) >= 11 is 0. The Labute approximate surface area is 420 Å². The third-order valence-electron chi connectivity index (χ3n) is 13.3. The van der Waals surface area contributed by atoms with Crippen molar-refractivity contribution in [2.75, 3.05) is 9.80 Å². The number of para-hydroxylation sites is 2. The smallest absolute Gasteiger partial charge is 0.135 e. The van der Waals surface area contributed by atoms with E-state index >= 15 is 0 Å². The van der Waals surface area contributed by atoms with Crippen LogP contribution in [-0.2, 0) is 48.1 Å². The Morgan fingerprint density at radius 1 is 0.500 bits per heavy atom. The Kier molecular flexibility index (Phi) is 12.5. The number of hydrogen-bond donors (Lipinski definition) is 0. The molecule has 0 fully saturated rings. The van der Waals surface area contributed by atoms with Gasteiger partial charge in [0.2, 0.25) is 0 Å². The maximum absolute atomic E-state index is 6.74. The first-order chi connectivity index (χ1) is 31.4. The quantitative estimate of drug-likeness (QED) is 0.155. The van der Waals surface area contributed by atoms with Crippen LogP contribution in [0.2, 0.25) is 0 Å². The molecule has 8 aromatic rings. The fourth-order valence-corrected chi connectivity index (χ4v) is 9.34. The van der Waals surface area contributed by atoms with Gasteiger partial charge in [-0.3, -0.25) is 0 Å². The van der Waals surface area contributed by atoms with Gasteiger partial charge in [0.05, 0.1) is 0 Å². The molecule has 0 saturated heterocycles. The number of anilines is 4. The number of benzene rings is 6. The number of pyridine rings is 1. The summed E-state index contributed by atoms with van der Waals surface area (Å²) in [7, 11) is 0. The molecule has 3 heterocycles. The SMILES string of the molecule is CC(C)(C)c1cccc(N2[CH-]N(c3[c-]c(Oc4[c-]c5c(cc4)c4cc(-c6c(C(C)(C)C)cc(C(C)(C)C)cc6C(C)(C)C)ccc4n5-c4cc(C(C)(C)C)ccn4)ccc3)c3ccccc32)c1.[Pt]. The van der Waals surface area contributed by atoms with Crippen molar-refractivity contribution in [3.63, 3.8) is 0 Å². The second-order valence-corrected chi connectivity index (χ2v) is 23.6. The molecule has 5 nitrogen and oxygen atoms in total. The number of rotatable bonds is 6. The molecule has 1 aliphatic heterocycles. The van der Waals surface area contributed by atoms with E-state index in [0.29, 0.717) is 11.5 Å². The van der Waals surface area contributed by atoms with Crippen LogP contribution in [-0.4, -0.2) is 9.55 Å². The number of hydrogen-bond acceptors (Lipinski definition) is 4. The Balaban J connectivity index is 0.00000625. The maximum atomic E-state index is 6.74. The summed E-state index contributed by atoms with van der Waals surface area (Å²) in [5.41, 5.74) is 15.1. The van der Waals surface area contributed by atoms with Crippen molar-refractivity contribution in [2.45, 2.75) is 131 Å². The summed E-state index contributed by atoms with van der Waals surface area (Å²) in [5.74, 6) is 2.06. The Hall–Kier alpha value is -5.64. The van der Waals surface area contributed by atoms with E-state index < -0.39 is 0 Å². The average Bonchev–Trinajstić information content (AvgIpc) is 3.80. The standard InChI is InChI=1S/C62H67N4O.Pt/c1-58(2,3)41-20-18-21-44(33-41)64-39-65(54-25-17-16-24-53(54)64)45-22-19-23-46(37-45)67-47-27-28-48-49-32-40(57-50(61(10,11)12)34-43(60(7,8)9)35-51(57)62(13,14)15)26-29-52(49)66(55(48)38-47)56-36-42(30-31-63-56)59(4,5)6;/h16-36,39H,1-15H3;/q-3;. The van der Waals surface area contributed by atoms with Gasteiger partial charge in [0, 0.05) is 61.3 Å². The first-order valence-electron chi connectivity index (χ1n) is 23.9. The van der Waals surface area contributed by atoms with Crippen LogP contribution >= 0.6 is 0 Å². The predicted octanol–water partition coefficient (Wildman–Crippen LogP) is 17.1. The molecular formula is C62H67N4OPt-3. The van der Waals surface area contributed by atoms with Crippen LogP contribution in [0.5, 0.6) is 11.5 Å². The summed E-state index contributed by atoms with van der Waals surface area (Å²) in [4.78, 5) is 9.47. The molecule has 0 radical (unpaired) electrons. The van der Waals surface area contributed by atoms with Crippen molar-refractivity contribution in [1.82, 2.24) is 9.55 Å². The molecule has 6 aromatic carbocycles. The summed E-state index contributed by atoms with van der Waals surface area (Å²) in [6.45, 7) is 36.7. The summed E-state index contributed by atoms with van der Waals surface area (Å²) < 4.78 is 9.00. The van der Waals surface area contributed by atoms with Gasteiger partial charge in [-0.05, 0) is 114 Å². The summed E-state index contributed by atoms with van der Waals surface area (Å²) in [6, 6.07) is 51.3. The van der Waals surface area contributed by atoms with Gasteiger partial charge in [0.25, 0.3) is 0 Å². The molecule has 0 atom stereocenters. The summed E-state index contributed by atoms with van der Waals surface area (Å²) in [6.07, 6.45) is 1.93. The largest absolute Gasteiger partial charge is 0.509 e. The second-order valence-electron chi connectivity index (χ2n) is 23.6. The van der Waals surface area contributed by atoms with Crippen molar-refractivity contribution < 1.29 is 25.8 Å². The van der Waals surface area contributed by atoms with Gasteiger partial charge in [0.1, 0.15) is 5.82 Å². The van der Waals surface area contributed by atoms with Crippen LogP contribution in [0.15, 0.2) is 128 Å². The third-order valence-corrected chi connectivity index (χ3v) is 13.3. The molecule has 0 saturated carbocycles. The molecule has 0 spiro atoms. The van der Waals surface area contributed by atoms with Gasteiger partial charge in [-0.2, -0.15) is 12.1 Å².